The van der Waals surface area contributed by atoms with Crippen molar-refractivity contribution in [1.82, 2.24) is 5.32 Å². The fourth-order valence-electron chi connectivity index (χ4n) is 1.74. The Hall–Kier alpha value is -1.10. The first-order chi connectivity index (χ1) is 6.81. The smallest absolute Gasteiger partial charge is 0.334 e. The summed E-state index contributed by atoms with van der Waals surface area (Å²) in [6.45, 7) is 2.22. The molecule has 1 saturated heterocycles. The van der Waals surface area contributed by atoms with Crippen LogP contribution < -0.4 is 5.32 Å². The van der Waals surface area contributed by atoms with Crippen LogP contribution in [0.4, 0.5) is 0 Å². The molecule has 2 atom stereocenters. The van der Waals surface area contributed by atoms with Gasteiger partial charge in [0.2, 0.25) is 0 Å². The molecule has 1 fully saturated rings. The Labute approximate surface area is 82.5 Å². The van der Waals surface area contributed by atoms with E-state index in [1.54, 1.807) is 0 Å². The molecule has 1 N–H and O–H groups in total. The number of carbonyl (C=O) groups excluding carboxylic acids is 1. The molecule has 5 heteroatoms. The number of carbonyl (C=O) groups is 1. The van der Waals surface area contributed by atoms with Crippen LogP contribution in [-0.2, 0) is 14.3 Å². The molecule has 0 aromatic rings. The van der Waals surface area contributed by atoms with Crippen LogP contribution in [0.2, 0.25) is 0 Å². The minimum Gasteiger partial charge on any atom is -0.478 e. The van der Waals surface area contributed by atoms with Crippen molar-refractivity contribution in [2.24, 2.45) is 10.9 Å². The minimum absolute atomic E-state index is 0.314. The summed E-state index contributed by atoms with van der Waals surface area (Å²) < 4.78 is 9.99. The normalized spacial score (nSPS) is 31.1. The van der Waals surface area contributed by atoms with Gasteiger partial charge >= 0.3 is 5.97 Å². The second-order valence-electron chi connectivity index (χ2n) is 3.51. The van der Waals surface area contributed by atoms with Crippen LogP contribution in [0, 0.1) is 5.92 Å². The van der Waals surface area contributed by atoms with Gasteiger partial charge in [0.1, 0.15) is 6.61 Å². The highest BCUT2D eigenvalue weighted by atomic mass is 16.5. The number of methoxy groups -OCH3 is 1. The fourth-order valence-corrected chi connectivity index (χ4v) is 1.74. The van der Waals surface area contributed by atoms with Gasteiger partial charge < -0.3 is 14.8 Å². The molecule has 0 bridgehead atoms. The predicted octanol–water partition coefficient (Wildman–Crippen LogP) is -0.434. The molecule has 0 aromatic carbocycles. The third kappa shape index (κ3) is 1.72. The number of hydrogen-bond acceptors (Lipinski definition) is 5. The molecule has 0 radical (unpaired) electrons. The summed E-state index contributed by atoms with van der Waals surface area (Å²) in [6.07, 6.45) is 1.03. The van der Waals surface area contributed by atoms with Crippen LogP contribution in [0.15, 0.2) is 4.99 Å². The Kier molecular flexibility index (Phi) is 2.67. The number of esters is 1. The van der Waals surface area contributed by atoms with Crippen molar-refractivity contribution in [1.29, 1.82) is 0 Å². The van der Waals surface area contributed by atoms with E-state index in [9.17, 15) is 4.79 Å². The van der Waals surface area contributed by atoms with Gasteiger partial charge in [0.15, 0.2) is 11.9 Å². The highest BCUT2D eigenvalue weighted by molar-refractivity contribution is 5.87. The molecule has 0 amide bonds. The minimum atomic E-state index is -0.449. The summed E-state index contributed by atoms with van der Waals surface area (Å²) in [5.41, 5.74) is 0. The first kappa shape index (κ1) is 9.45. The number of hydrogen-bond donors (Lipinski definition) is 1. The van der Waals surface area contributed by atoms with Crippen molar-refractivity contribution < 1.29 is 14.3 Å². The van der Waals surface area contributed by atoms with Crippen LogP contribution >= 0.6 is 0 Å². The third-order valence-corrected chi connectivity index (χ3v) is 2.55. The van der Waals surface area contributed by atoms with Gasteiger partial charge in [-0.25, -0.2) is 9.79 Å². The largest absolute Gasteiger partial charge is 0.478 e. The molecule has 2 rings (SSSR count). The second kappa shape index (κ2) is 3.96. The zero-order valence-electron chi connectivity index (χ0n) is 8.16. The Bertz CT molecular complexity index is 259. The molecule has 78 valence electrons. The van der Waals surface area contributed by atoms with Gasteiger partial charge in [0.05, 0.1) is 7.11 Å². The van der Waals surface area contributed by atoms with Gasteiger partial charge in [0.25, 0.3) is 0 Å². The molecule has 14 heavy (non-hydrogen) atoms. The average molecular weight is 198 g/mol. The molecular formula is C9H14N2O3. The lowest BCUT2D eigenvalue weighted by atomic mass is 10.1. The quantitative estimate of drug-likeness (QED) is 0.611. The first-order valence-electron chi connectivity index (χ1n) is 4.80. The van der Waals surface area contributed by atoms with E-state index >= 15 is 0 Å². The molecule has 2 aliphatic heterocycles. The number of nitrogens with one attached hydrogen (secondary N) is 1. The summed E-state index contributed by atoms with van der Waals surface area (Å²) in [7, 11) is 1.37. The molecule has 2 heterocycles. The van der Waals surface area contributed by atoms with Crippen molar-refractivity contribution in [3.8, 4) is 0 Å². The predicted molar refractivity (Wildman–Crippen MR) is 50.2 cm³/mol. The van der Waals surface area contributed by atoms with Crippen molar-refractivity contribution >= 4 is 11.9 Å². The Morgan fingerprint density at radius 3 is 3.21 bits per heavy atom. The lowest BCUT2D eigenvalue weighted by Gasteiger charge is -2.06. The van der Waals surface area contributed by atoms with Crippen molar-refractivity contribution in [3.63, 3.8) is 0 Å². The number of aliphatic imine (C=N–C) groups is 1. The van der Waals surface area contributed by atoms with Crippen molar-refractivity contribution in [2.45, 2.75) is 12.5 Å². The van der Waals surface area contributed by atoms with E-state index < -0.39 is 6.04 Å². The summed E-state index contributed by atoms with van der Waals surface area (Å²) in [6, 6.07) is -0.449. The van der Waals surface area contributed by atoms with Crippen LogP contribution in [0.3, 0.4) is 0 Å². The van der Waals surface area contributed by atoms with Gasteiger partial charge in [0, 0.05) is 12.5 Å². The zero-order valence-corrected chi connectivity index (χ0v) is 8.16. The monoisotopic (exact) mass is 198 g/mol. The molecular weight excluding hydrogens is 184 g/mol. The standard InChI is InChI=1S/C9H14N2O3/c1-13-9(12)7-5-14-8(11-7)6-2-3-10-4-6/h6-7,10H,2-5H2,1H3. The van der Waals surface area contributed by atoms with E-state index in [-0.39, 0.29) is 5.97 Å². The topological polar surface area (TPSA) is 59.9 Å². The van der Waals surface area contributed by atoms with Gasteiger partial charge in [-0.15, -0.1) is 0 Å². The lowest BCUT2D eigenvalue weighted by molar-refractivity contribution is -0.142. The Balaban J connectivity index is 1.97. The molecule has 5 nitrogen and oxygen atoms in total. The molecule has 0 aromatic heterocycles. The number of ether oxygens (including phenoxy) is 2. The first-order valence-corrected chi connectivity index (χ1v) is 4.80. The van der Waals surface area contributed by atoms with E-state index in [0.717, 1.165) is 19.5 Å². The zero-order chi connectivity index (χ0) is 9.97. The molecule has 0 saturated carbocycles. The van der Waals surface area contributed by atoms with Crippen molar-refractivity contribution in [3.05, 3.63) is 0 Å². The van der Waals surface area contributed by atoms with Crippen LogP contribution in [0.1, 0.15) is 6.42 Å². The van der Waals surface area contributed by atoms with Crippen LogP contribution in [0.5, 0.6) is 0 Å². The SMILES string of the molecule is COC(=O)C1COC(C2CCNC2)=N1. The van der Waals surface area contributed by atoms with Crippen LogP contribution in [-0.4, -0.2) is 44.7 Å². The third-order valence-electron chi connectivity index (χ3n) is 2.55. The molecule has 2 unspecified atom stereocenters. The molecule has 2 aliphatic rings. The Morgan fingerprint density at radius 2 is 2.57 bits per heavy atom. The highest BCUT2D eigenvalue weighted by Gasteiger charge is 2.31. The summed E-state index contributed by atoms with van der Waals surface area (Å²) >= 11 is 0. The van der Waals surface area contributed by atoms with E-state index in [2.05, 4.69) is 15.0 Å². The molecule has 0 aliphatic carbocycles. The second-order valence-corrected chi connectivity index (χ2v) is 3.51. The maximum atomic E-state index is 11.1. The van der Waals surface area contributed by atoms with E-state index in [0.29, 0.717) is 18.4 Å². The number of nitrogens with zero attached hydrogens (tertiary/aromatic N) is 1. The van der Waals surface area contributed by atoms with Crippen molar-refractivity contribution in [2.75, 3.05) is 26.8 Å². The summed E-state index contributed by atoms with van der Waals surface area (Å²) in [5, 5.41) is 3.23. The highest BCUT2D eigenvalue weighted by Crippen LogP contribution is 2.17. The Morgan fingerprint density at radius 1 is 1.71 bits per heavy atom. The lowest BCUT2D eigenvalue weighted by Crippen LogP contribution is -2.21. The van der Waals surface area contributed by atoms with E-state index in [1.807, 2.05) is 0 Å². The maximum Gasteiger partial charge on any atom is 0.334 e. The van der Waals surface area contributed by atoms with Gasteiger partial charge in [-0.3, -0.25) is 0 Å². The van der Waals surface area contributed by atoms with E-state index in [4.69, 9.17) is 4.74 Å². The maximum absolute atomic E-state index is 11.1. The van der Waals surface area contributed by atoms with Crippen LogP contribution in [0.25, 0.3) is 0 Å². The van der Waals surface area contributed by atoms with E-state index in [1.165, 1.54) is 7.11 Å². The fraction of sp³-hybridized carbons (Fsp3) is 0.778. The molecule has 0 spiro atoms. The van der Waals surface area contributed by atoms with Gasteiger partial charge in [-0.1, -0.05) is 0 Å². The summed E-state index contributed by atoms with van der Waals surface area (Å²) in [5.74, 6) is 0.737. The average Bonchev–Trinajstić information content (AvgIpc) is 2.86. The summed E-state index contributed by atoms with van der Waals surface area (Å²) in [4.78, 5) is 15.4. The van der Waals surface area contributed by atoms with Gasteiger partial charge in [-0.2, -0.15) is 0 Å². The van der Waals surface area contributed by atoms with Gasteiger partial charge in [-0.05, 0) is 13.0 Å². The number of rotatable bonds is 2.